The minimum Gasteiger partial charge on any atom is -0.338 e. The lowest BCUT2D eigenvalue weighted by Crippen LogP contribution is -2.44. The van der Waals surface area contributed by atoms with E-state index in [2.05, 4.69) is 10.4 Å². The van der Waals surface area contributed by atoms with E-state index in [9.17, 15) is 9.59 Å². The van der Waals surface area contributed by atoms with Gasteiger partial charge in [-0.3, -0.25) is 9.59 Å². The zero-order valence-electron chi connectivity index (χ0n) is 17.4. The van der Waals surface area contributed by atoms with Crippen LogP contribution < -0.4 is 5.32 Å². The van der Waals surface area contributed by atoms with E-state index in [-0.39, 0.29) is 17.7 Å². The molecular weight excluding hydrogens is 412 g/mol. The molecule has 0 radical (unpaired) electrons. The number of halogens is 1. The van der Waals surface area contributed by atoms with E-state index < -0.39 is 0 Å². The van der Waals surface area contributed by atoms with Gasteiger partial charge in [0, 0.05) is 18.8 Å². The maximum atomic E-state index is 13.3. The molecule has 1 saturated heterocycles. The Balaban J connectivity index is 1.47. The van der Waals surface area contributed by atoms with E-state index in [1.54, 1.807) is 16.5 Å². The summed E-state index contributed by atoms with van der Waals surface area (Å²) in [5.41, 5.74) is 2.84. The van der Waals surface area contributed by atoms with Gasteiger partial charge in [0.2, 0.25) is 5.91 Å². The van der Waals surface area contributed by atoms with Gasteiger partial charge in [0.1, 0.15) is 5.15 Å². The number of anilines is 1. The third kappa shape index (κ3) is 4.80. The molecular formula is C24H25ClN4O2. The Morgan fingerprint density at radius 1 is 1.10 bits per heavy atom. The second-order valence-electron chi connectivity index (χ2n) is 7.84. The van der Waals surface area contributed by atoms with Gasteiger partial charge in [-0.1, -0.05) is 60.1 Å². The Bertz CT molecular complexity index is 1070. The fourth-order valence-corrected chi connectivity index (χ4v) is 4.27. The normalized spacial score (nSPS) is 16.2. The molecule has 4 rings (SSSR count). The molecule has 1 aliphatic heterocycles. The predicted molar refractivity (Wildman–Crippen MR) is 121 cm³/mol. The largest absolute Gasteiger partial charge is 0.338 e. The van der Waals surface area contributed by atoms with Crippen molar-refractivity contribution >= 4 is 29.1 Å². The first-order valence-corrected chi connectivity index (χ1v) is 10.8. The van der Waals surface area contributed by atoms with E-state index in [4.69, 9.17) is 11.6 Å². The molecule has 2 amide bonds. The van der Waals surface area contributed by atoms with Crippen LogP contribution in [0, 0.1) is 12.8 Å². The van der Waals surface area contributed by atoms with Crippen LogP contribution in [0.3, 0.4) is 0 Å². The van der Waals surface area contributed by atoms with Crippen LogP contribution in [0.4, 0.5) is 5.69 Å². The number of carbonyl (C=O) groups is 2. The van der Waals surface area contributed by atoms with Crippen molar-refractivity contribution in [3.8, 4) is 0 Å². The first kappa shape index (κ1) is 21.1. The highest BCUT2D eigenvalue weighted by Gasteiger charge is 2.32. The SMILES string of the molecule is Cc1nn(Cc2ccccc2)c(Cl)c1C(=O)N1CCCC(C(=O)Nc2ccccc2)C1. The predicted octanol–water partition coefficient (Wildman–Crippen LogP) is 4.38. The second-order valence-corrected chi connectivity index (χ2v) is 8.20. The molecule has 0 spiro atoms. The van der Waals surface area contributed by atoms with Gasteiger partial charge in [0.05, 0.1) is 23.7 Å². The minimum atomic E-state index is -0.253. The molecule has 2 heterocycles. The van der Waals surface area contributed by atoms with Crippen molar-refractivity contribution in [3.05, 3.63) is 82.6 Å². The van der Waals surface area contributed by atoms with Gasteiger partial charge in [-0.15, -0.1) is 0 Å². The molecule has 7 heteroatoms. The van der Waals surface area contributed by atoms with Gasteiger partial charge in [0.15, 0.2) is 0 Å². The standard InChI is InChI=1S/C24H25ClN4O2/c1-17-21(22(25)29(27-17)15-18-9-4-2-5-10-18)24(31)28-14-8-11-19(16-28)23(30)26-20-12-6-3-7-13-20/h2-7,9-10,12-13,19H,8,11,14-16H2,1H3,(H,26,30). The number of benzene rings is 2. The number of hydrogen-bond donors (Lipinski definition) is 1. The molecule has 0 aliphatic carbocycles. The van der Waals surface area contributed by atoms with E-state index in [0.29, 0.717) is 36.0 Å². The zero-order chi connectivity index (χ0) is 21.8. The van der Waals surface area contributed by atoms with Crippen molar-refractivity contribution in [3.63, 3.8) is 0 Å². The van der Waals surface area contributed by atoms with E-state index >= 15 is 0 Å². The van der Waals surface area contributed by atoms with Crippen molar-refractivity contribution in [2.75, 3.05) is 18.4 Å². The van der Waals surface area contributed by atoms with Crippen molar-refractivity contribution in [1.29, 1.82) is 0 Å². The highest BCUT2D eigenvalue weighted by Crippen LogP contribution is 2.26. The van der Waals surface area contributed by atoms with Gasteiger partial charge in [-0.25, -0.2) is 4.68 Å². The van der Waals surface area contributed by atoms with Crippen LogP contribution in [0.25, 0.3) is 0 Å². The molecule has 3 aromatic rings. The van der Waals surface area contributed by atoms with E-state index in [0.717, 1.165) is 24.1 Å². The van der Waals surface area contributed by atoms with Crippen LogP contribution in [-0.2, 0) is 11.3 Å². The summed E-state index contributed by atoms with van der Waals surface area (Å²) in [6.45, 7) is 3.27. The number of nitrogens with one attached hydrogen (secondary N) is 1. The van der Waals surface area contributed by atoms with Crippen molar-refractivity contribution in [1.82, 2.24) is 14.7 Å². The monoisotopic (exact) mass is 436 g/mol. The Labute approximate surface area is 186 Å². The molecule has 1 fully saturated rings. The number of piperidine rings is 1. The molecule has 31 heavy (non-hydrogen) atoms. The topological polar surface area (TPSA) is 67.2 Å². The van der Waals surface area contributed by atoms with Gasteiger partial charge in [-0.2, -0.15) is 5.10 Å². The maximum absolute atomic E-state index is 13.3. The Hall–Kier alpha value is -3.12. The summed E-state index contributed by atoms with van der Waals surface area (Å²) in [4.78, 5) is 27.7. The van der Waals surface area contributed by atoms with E-state index in [1.165, 1.54) is 0 Å². The number of aromatic nitrogens is 2. The van der Waals surface area contributed by atoms with Crippen LogP contribution >= 0.6 is 11.6 Å². The molecule has 1 aliphatic rings. The number of rotatable bonds is 5. The van der Waals surface area contributed by atoms with Crippen LogP contribution in [0.1, 0.15) is 34.5 Å². The minimum absolute atomic E-state index is 0.0636. The molecule has 1 N–H and O–H groups in total. The fourth-order valence-electron chi connectivity index (χ4n) is 3.96. The highest BCUT2D eigenvalue weighted by molar-refractivity contribution is 6.33. The third-order valence-corrected chi connectivity index (χ3v) is 5.96. The number of nitrogens with zero attached hydrogens (tertiary/aromatic N) is 3. The fraction of sp³-hybridized carbons (Fsp3) is 0.292. The number of amides is 2. The molecule has 0 saturated carbocycles. The van der Waals surface area contributed by atoms with Crippen LogP contribution in [0.5, 0.6) is 0 Å². The number of para-hydroxylation sites is 1. The van der Waals surface area contributed by atoms with Crippen LogP contribution in [-0.4, -0.2) is 39.6 Å². The number of hydrogen-bond acceptors (Lipinski definition) is 3. The van der Waals surface area contributed by atoms with Crippen LogP contribution in [0.2, 0.25) is 5.15 Å². The summed E-state index contributed by atoms with van der Waals surface area (Å²) in [7, 11) is 0. The lowest BCUT2D eigenvalue weighted by Gasteiger charge is -2.32. The maximum Gasteiger partial charge on any atom is 0.258 e. The Kier molecular flexibility index (Phi) is 6.37. The summed E-state index contributed by atoms with van der Waals surface area (Å²) in [6, 6.07) is 19.2. The Morgan fingerprint density at radius 2 is 1.77 bits per heavy atom. The van der Waals surface area contributed by atoms with Gasteiger partial charge >= 0.3 is 0 Å². The molecule has 1 atom stereocenters. The smallest absolute Gasteiger partial charge is 0.258 e. The Morgan fingerprint density at radius 3 is 2.48 bits per heavy atom. The summed E-state index contributed by atoms with van der Waals surface area (Å²) < 4.78 is 1.66. The summed E-state index contributed by atoms with van der Waals surface area (Å²) >= 11 is 6.57. The number of aryl methyl sites for hydroxylation is 1. The van der Waals surface area contributed by atoms with Crippen molar-refractivity contribution in [2.24, 2.45) is 5.92 Å². The molecule has 2 aromatic carbocycles. The lowest BCUT2D eigenvalue weighted by atomic mass is 9.96. The average molecular weight is 437 g/mol. The average Bonchev–Trinajstić information content (AvgIpc) is 3.07. The number of carbonyl (C=O) groups excluding carboxylic acids is 2. The van der Waals surface area contributed by atoms with Crippen LogP contribution in [0.15, 0.2) is 60.7 Å². The molecule has 6 nitrogen and oxygen atoms in total. The highest BCUT2D eigenvalue weighted by atomic mass is 35.5. The molecule has 160 valence electrons. The lowest BCUT2D eigenvalue weighted by molar-refractivity contribution is -0.121. The summed E-state index contributed by atoms with van der Waals surface area (Å²) in [5.74, 6) is -0.485. The van der Waals surface area contributed by atoms with Gasteiger partial charge < -0.3 is 10.2 Å². The first-order valence-electron chi connectivity index (χ1n) is 10.4. The second kappa shape index (κ2) is 9.35. The molecule has 1 aromatic heterocycles. The first-order chi connectivity index (χ1) is 15.0. The molecule has 1 unspecified atom stereocenters. The van der Waals surface area contributed by atoms with Gasteiger partial charge in [0.25, 0.3) is 5.91 Å². The summed E-state index contributed by atoms with van der Waals surface area (Å²) in [6.07, 6.45) is 1.52. The van der Waals surface area contributed by atoms with Gasteiger partial charge in [-0.05, 0) is 37.5 Å². The summed E-state index contributed by atoms with van der Waals surface area (Å²) in [5, 5.41) is 7.77. The van der Waals surface area contributed by atoms with E-state index in [1.807, 2.05) is 60.7 Å². The van der Waals surface area contributed by atoms with Crippen molar-refractivity contribution in [2.45, 2.75) is 26.3 Å². The zero-order valence-corrected chi connectivity index (χ0v) is 18.2. The third-order valence-electron chi connectivity index (χ3n) is 5.58. The number of likely N-dealkylation sites (tertiary alicyclic amines) is 1. The molecule has 0 bridgehead atoms. The quantitative estimate of drug-likeness (QED) is 0.645. The van der Waals surface area contributed by atoms with Crippen molar-refractivity contribution < 1.29 is 9.59 Å².